The smallest absolute Gasteiger partial charge is 0.317 e. The standard InChI is InChI=1S/C27H31N7O8S2/c1-41-12-13-42-27(26(35)32-36)10-8-17(9-11-27)22-23(44(3,39)40)24(28)34-25(31-22)21(15-30-34)18-14-29-33(16-18)19-4-6-20(7-5-19)43(2,37)38/h4-7,14-17H,8-13,28H2,1-3H3. The minimum Gasteiger partial charge on any atom is -0.382 e. The van der Waals surface area contributed by atoms with Crippen molar-refractivity contribution in [3.8, 4) is 16.8 Å². The molecular formula is C27H31N7O8S2. The average molecular weight is 646 g/mol. The van der Waals surface area contributed by atoms with E-state index in [1.807, 2.05) is 0 Å². The highest BCUT2D eigenvalue weighted by molar-refractivity contribution is 7.91. The van der Waals surface area contributed by atoms with Gasteiger partial charge in [-0.1, -0.05) is 0 Å². The first-order valence-corrected chi connectivity index (χ1v) is 17.3. The first kappa shape index (κ1) is 31.4. The number of methoxy groups -OCH3 is 1. The Morgan fingerprint density at radius 1 is 1.05 bits per heavy atom. The van der Waals surface area contributed by atoms with Crippen LogP contribution >= 0.6 is 0 Å². The molecule has 4 aromatic rings. The minimum absolute atomic E-state index is 0.0862. The van der Waals surface area contributed by atoms with Gasteiger partial charge in [-0.05, 0) is 49.9 Å². The predicted octanol–water partition coefficient (Wildman–Crippen LogP) is 2.32. The van der Waals surface area contributed by atoms with Gasteiger partial charge in [-0.25, -0.2) is 26.5 Å². The van der Waals surface area contributed by atoms with E-state index in [0.717, 1.165) is 12.5 Å². The molecule has 2 N–H and O–H groups in total. The van der Waals surface area contributed by atoms with Crippen molar-refractivity contribution in [3.05, 3.63) is 53.5 Å². The fourth-order valence-corrected chi connectivity index (χ4v) is 7.20. The van der Waals surface area contributed by atoms with Crippen molar-refractivity contribution in [1.29, 1.82) is 0 Å². The van der Waals surface area contributed by atoms with Crippen molar-refractivity contribution in [2.75, 3.05) is 38.6 Å². The Hall–Kier alpha value is -4.06. The maximum absolute atomic E-state index is 13.0. The number of carbonyl (C=O) groups is 1. The maximum Gasteiger partial charge on any atom is 0.317 e. The molecule has 0 unspecified atom stereocenters. The van der Waals surface area contributed by atoms with Gasteiger partial charge in [-0.3, -0.25) is 4.79 Å². The molecule has 3 heterocycles. The number of hydrogen-bond donors (Lipinski definition) is 1. The zero-order chi connectivity index (χ0) is 31.9. The predicted molar refractivity (Wildman–Crippen MR) is 159 cm³/mol. The van der Waals surface area contributed by atoms with Crippen LogP contribution in [0.2, 0.25) is 0 Å². The minimum atomic E-state index is -3.86. The summed E-state index contributed by atoms with van der Waals surface area (Å²) in [6.45, 7) is 0.305. The second-order valence-corrected chi connectivity index (χ2v) is 14.7. The molecule has 1 saturated carbocycles. The van der Waals surface area contributed by atoms with Gasteiger partial charge in [0.15, 0.2) is 30.9 Å². The van der Waals surface area contributed by atoms with Crippen molar-refractivity contribution < 1.29 is 31.1 Å². The highest BCUT2D eigenvalue weighted by Gasteiger charge is 2.45. The van der Waals surface area contributed by atoms with E-state index in [9.17, 15) is 26.5 Å². The van der Waals surface area contributed by atoms with Crippen LogP contribution in [-0.2, 0) is 33.9 Å². The number of amides is 1. The Balaban J connectivity index is 1.53. The fourth-order valence-electron chi connectivity index (χ4n) is 5.51. The van der Waals surface area contributed by atoms with Gasteiger partial charge in [0.2, 0.25) is 0 Å². The topological polar surface area (TPSA) is 207 Å². The molecule has 0 saturated heterocycles. The van der Waals surface area contributed by atoms with Crippen LogP contribution in [-0.4, -0.2) is 85.6 Å². The van der Waals surface area contributed by atoms with Gasteiger partial charge < -0.3 is 15.2 Å². The SMILES string of the molecule is COCCOC1(C(=O)N=O)CCC(c2nc3c(-c4cnn(-c5ccc(S(C)(=O)=O)cc5)c4)cnn3c(N)c2S(C)(=O)=O)CC1. The Labute approximate surface area is 253 Å². The number of nitrogens with two attached hydrogens (primary N) is 1. The Morgan fingerprint density at radius 3 is 2.32 bits per heavy atom. The first-order valence-electron chi connectivity index (χ1n) is 13.5. The lowest BCUT2D eigenvalue weighted by Crippen LogP contribution is -2.44. The number of sulfone groups is 2. The molecule has 0 spiro atoms. The average Bonchev–Trinajstić information content (AvgIpc) is 3.64. The molecule has 0 bridgehead atoms. The number of rotatable bonds is 10. The zero-order valence-corrected chi connectivity index (χ0v) is 25.8. The lowest BCUT2D eigenvalue weighted by atomic mass is 9.76. The number of ether oxygens (including phenoxy) is 2. The van der Waals surface area contributed by atoms with Crippen molar-refractivity contribution in [2.24, 2.45) is 5.18 Å². The van der Waals surface area contributed by atoms with E-state index in [4.69, 9.17) is 20.2 Å². The van der Waals surface area contributed by atoms with Crippen LogP contribution < -0.4 is 5.73 Å². The summed E-state index contributed by atoms with van der Waals surface area (Å²) >= 11 is 0. The Kier molecular flexibility index (Phi) is 8.41. The van der Waals surface area contributed by atoms with Crippen molar-refractivity contribution >= 4 is 37.0 Å². The van der Waals surface area contributed by atoms with Gasteiger partial charge in [0.25, 0.3) is 0 Å². The number of nitrogen functional groups attached to an aromatic ring is 1. The van der Waals surface area contributed by atoms with Gasteiger partial charge >= 0.3 is 5.91 Å². The molecule has 0 radical (unpaired) electrons. The summed E-state index contributed by atoms with van der Waals surface area (Å²) in [5.74, 6) is -1.45. The largest absolute Gasteiger partial charge is 0.382 e. The van der Waals surface area contributed by atoms with Crippen LogP contribution in [0, 0.1) is 4.91 Å². The summed E-state index contributed by atoms with van der Waals surface area (Å²) in [6.07, 6.45) is 7.77. The van der Waals surface area contributed by atoms with Crippen molar-refractivity contribution in [2.45, 2.75) is 47.0 Å². The second kappa shape index (κ2) is 11.8. The quantitative estimate of drug-likeness (QED) is 0.195. The molecule has 1 aromatic carbocycles. The highest BCUT2D eigenvalue weighted by atomic mass is 32.2. The van der Waals surface area contributed by atoms with Gasteiger partial charge in [0.05, 0.1) is 41.9 Å². The number of fused-ring (bicyclic) bond motifs is 1. The molecule has 234 valence electrons. The lowest BCUT2D eigenvalue weighted by molar-refractivity contribution is -0.151. The van der Waals surface area contributed by atoms with E-state index in [1.165, 1.54) is 30.0 Å². The van der Waals surface area contributed by atoms with Crippen LogP contribution in [0.1, 0.15) is 37.3 Å². The third-order valence-corrected chi connectivity index (χ3v) is 10.1. The maximum atomic E-state index is 13.0. The van der Waals surface area contributed by atoms with E-state index in [0.29, 0.717) is 22.5 Å². The first-order chi connectivity index (χ1) is 20.8. The Morgan fingerprint density at radius 2 is 1.73 bits per heavy atom. The zero-order valence-electron chi connectivity index (χ0n) is 24.2. The molecule has 1 amide bonds. The molecular weight excluding hydrogens is 614 g/mol. The van der Waals surface area contributed by atoms with Crippen LogP contribution in [0.3, 0.4) is 0 Å². The summed E-state index contributed by atoms with van der Waals surface area (Å²) in [6, 6.07) is 6.23. The Bertz CT molecular complexity index is 1940. The number of nitroso groups, excluding NO2 is 1. The lowest BCUT2D eigenvalue weighted by Gasteiger charge is -2.37. The van der Waals surface area contributed by atoms with Crippen LogP contribution in [0.15, 0.2) is 57.8 Å². The fraction of sp³-hybridized carbons (Fsp3) is 0.407. The van der Waals surface area contributed by atoms with Gasteiger partial charge in [0, 0.05) is 48.0 Å². The van der Waals surface area contributed by atoms with Crippen LogP contribution in [0.5, 0.6) is 0 Å². The van der Waals surface area contributed by atoms with Crippen molar-refractivity contribution in [3.63, 3.8) is 0 Å². The molecule has 44 heavy (non-hydrogen) atoms. The van der Waals surface area contributed by atoms with E-state index in [-0.39, 0.29) is 60.2 Å². The van der Waals surface area contributed by atoms with Gasteiger partial charge in [-0.15, -0.1) is 4.91 Å². The number of aromatic nitrogens is 5. The van der Waals surface area contributed by atoms with E-state index < -0.39 is 37.1 Å². The van der Waals surface area contributed by atoms with Gasteiger partial charge in [0.1, 0.15) is 10.7 Å². The van der Waals surface area contributed by atoms with Gasteiger partial charge in [-0.2, -0.15) is 14.7 Å². The molecule has 3 aromatic heterocycles. The number of anilines is 1. The molecule has 0 atom stereocenters. The summed E-state index contributed by atoms with van der Waals surface area (Å²) in [5.41, 5.74) is 7.29. The number of nitrogens with zero attached hydrogens (tertiary/aromatic N) is 6. The second-order valence-electron chi connectivity index (χ2n) is 10.7. The van der Waals surface area contributed by atoms with E-state index in [2.05, 4.69) is 15.4 Å². The summed E-state index contributed by atoms with van der Waals surface area (Å²) in [4.78, 5) is 28.5. The van der Waals surface area contributed by atoms with Crippen LogP contribution in [0.25, 0.3) is 22.5 Å². The van der Waals surface area contributed by atoms with E-state index >= 15 is 0 Å². The highest BCUT2D eigenvalue weighted by Crippen LogP contribution is 2.43. The summed E-state index contributed by atoms with van der Waals surface area (Å²) in [5, 5.41) is 11.3. The molecule has 1 aliphatic carbocycles. The van der Waals surface area contributed by atoms with E-state index in [1.54, 1.807) is 29.2 Å². The number of benzene rings is 1. The van der Waals surface area contributed by atoms with Crippen molar-refractivity contribution in [1.82, 2.24) is 24.4 Å². The third kappa shape index (κ3) is 5.87. The normalized spacial score (nSPS) is 19.3. The molecule has 5 rings (SSSR count). The summed E-state index contributed by atoms with van der Waals surface area (Å²) in [7, 11) is -5.74. The monoisotopic (exact) mass is 645 g/mol. The third-order valence-electron chi connectivity index (χ3n) is 7.78. The number of carbonyl (C=O) groups excluding carboxylic acids is 1. The molecule has 0 aliphatic heterocycles. The molecule has 17 heteroatoms. The van der Waals surface area contributed by atoms with Crippen LogP contribution in [0.4, 0.5) is 5.82 Å². The molecule has 1 aliphatic rings. The molecule has 1 fully saturated rings. The summed E-state index contributed by atoms with van der Waals surface area (Å²) < 4.78 is 63.2. The number of hydrogen-bond acceptors (Lipinski definition) is 12. The molecule has 15 nitrogen and oxygen atoms in total.